The van der Waals surface area contributed by atoms with E-state index in [1.165, 1.54) is 47.8 Å². The van der Waals surface area contributed by atoms with Gasteiger partial charge in [0, 0.05) is 36.3 Å². The van der Waals surface area contributed by atoms with Crippen LogP contribution >= 0.6 is 11.8 Å². The minimum atomic E-state index is 0.714. The van der Waals surface area contributed by atoms with Crippen molar-refractivity contribution < 1.29 is 0 Å². The molecule has 2 fully saturated rings. The zero-order chi connectivity index (χ0) is 16.5. The van der Waals surface area contributed by atoms with E-state index in [9.17, 15) is 0 Å². The van der Waals surface area contributed by atoms with Crippen molar-refractivity contribution >= 4 is 17.4 Å². The Morgan fingerprint density at radius 2 is 1.62 bits per heavy atom. The Hall–Kier alpha value is -1.45. The van der Waals surface area contributed by atoms with Crippen molar-refractivity contribution in [3.8, 4) is 11.1 Å². The maximum Gasteiger partial charge on any atom is 0.0457 e. The van der Waals surface area contributed by atoms with Crippen molar-refractivity contribution in [3.05, 3.63) is 48.5 Å². The van der Waals surface area contributed by atoms with Crippen LogP contribution in [0.3, 0.4) is 0 Å². The lowest BCUT2D eigenvalue weighted by molar-refractivity contribution is 0.386. The first-order valence-corrected chi connectivity index (χ1v) is 10.0. The van der Waals surface area contributed by atoms with Gasteiger partial charge in [0.05, 0.1) is 0 Å². The molecule has 0 aromatic heterocycles. The number of rotatable bonds is 4. The summed E-state index contributed by atoms with van der Waals surface area (Å²) in [5.74, 6) is 1.99. The summed E-state index contributed by atoms with van der Waals surface area (Å²) in [6.45, 7) is 5.89. The minimum absolute atomic E-state index is 0.714. The summed E-state index contributed by atoms with van der Waals surface area (Å²) < 4.78 is 0. The standard InChI is InChI=1S/C21H26N2S/c1-3-24-20-10-6-17(7-11-20)16-4-8-19(9-5-16)23-13-12-18-14-22(2)15-21(18)23/h4-11,18,21H,3,12-15H2,1-2H3/t18-,21+/m1/s1. The third-order valence-corrected chi connectivity index (χ3v) is 6.32. The van der Waals surface area contributed by atoms with Crippen molar-refractivity contribution in [1.82, 2.24) is 4.90 Å². The number of hydrogen-bond donors (Lipinski definition) is 0. The van der Waals surface area contributed by atoms with Crippen molar-refractivity contribution in [3.63, 3.8) is 0 Å². The van der Waals surface area contributed by atoms with Crippen LogP contribution in [0.1, 0.15) is 13.3 Å². The van der Waals surface area contributed by atoms with E-state index in [-0.39, 0.29) is 0 Å². The van der Waals surface area contributed by atoms with Gasteiger partial charge in [0.15, 0.2) is 0 Å². The first-order valence-electron chi connectivity index (χ1n) is 9.03. The second kappa shape index (κ2) is 6.81. The third-order valence-electron chi connectivity index (χ3n) is 5.43. The van der Waals surface area contributed by atoms with Gasteiger partial charge < -0.3 is 9.80 Å². The Morgan fingerprint density at radius 3 is 2.29 bits per heavy atom. The van der Waals surface area contributed by atoms with E-state index >= 15 is 0 Å². The molecule has 2 aliphatic heterocycles. The smallest absolute Gasteiger partial charge is 0.0457 e. The van der Waals surface area contributed by atoms with Gasteiger partial charge in [-0.2, -0.15) is 0 Å². The lowest BCUT2D eigenvalue weighted by atomic mass is 10.0. The highest BCUT2D eigenvalue weighted by Crippen LogP contribution is 2.35. The number of likely N-dealkylation sites (N-methyl/N-ethyl adjacent to an activating group) is 1. The van der Waals surface area contributed by atoms with Crippen LogP contribution in [0.25, 0.3) is 11.1 Å². The first kappa shape index (κ1) is 16.0. The van der Waals surface area contributed by atoms with Gasteiger partial charge in [0.1, 0.15) is 0 Å². The van der Waals surface area contributed by atoms with Crippen molar-refractivity contribution in [1.29, 1.82) is 0 Å². The van der Waals surface area contributed by atoms with Crippen LogP contribution in [0.4, 0.5) is 5.69 Å². The summed E-state index contributed by atoms with van der Waals surface area (Å²) in [6.07, 6.45) is 1.34. The highest BCUT2D eigenvalue weighted by atomic mass is 32.2. The van der Waals surface area contributed by atoms with E-state index in [1.807, 2.05) is 11.8 Å². The lowest BCUT2D eigenvalue weighted by Gasteiger charge is -2.26. The van der Waals surface area contributed by atoms with Crippen LogP contribution in [-0.4, -0.2) is 43.4 Å². The fraction of sp³-hybridized carbons (Fsp3) is 0.429. The lowest BCUT2D eigenvalue weighted by Crippen LogP contribution is -2.34. The Kier molecular flexibility index (Phi) is 4.55. The van der Waals surface area contributed by atoms with Gasteiger partial charge in [-0.05, 0) is 60.5 Å². The minimum Gasteiger partial charge on any atom is -0.367 e. The maximum atomic E-state index is 2.62. The maximum absolute atomic E-state index is 2.62. The second-order valence-electron chi connectivity index (χ2n) is 7.03. The molecule has 2 atom stereocenters. The fourth-order valence-corrected chi connectivity index (χ4v) is 4.91. The SMILES string of the molecule is CCSc1ccc(-c2ccc(N3CC[C@@H]4CN(C)C[C@@H]43)cc2)cc1. The number of likely N-dealkylation sites (tertiary alicyclic amines) is 1. The van der Waals surface area contributed by atoms with Gasteiger partial charge in [0.2, 0.25) is 0 Å². The van der Waals surface area contributed by atoms with Crippen LogP contribution in [0, 0.1) is 5.92 Å². The molecule has 0 spiro atoms. The van der Waals surface area contributed by atoms with Crippen LogP contribution in [0.5, 0.6) is 0 Å². The second-order valence-corrected chi connectivity index (χ2v) is 8.37. The quantitative estimate of drug-likeness (QED) is 0.752. The molecule has 0 radical (unpaired) electrons. The highest BCUT2D eigenvalue weighted by molar-refractivity contribution is 7.99. The Morgan fingerprint density at radius 1 is 0.958 bits per heavy atom. The average molecular weight is 339 g/mol. The molecule has 2 aromatic carbocycles. The summed E-state index contributed by atoms with van der Waals surface area (Å²) in [5, 5.41) is 0. The monoisotopic (exact) mass is 338 g/mol. The molecule has 126 valence electrons. The molecule has 0 unspecified atom stereocenters. The van der Waals surface area contributed by atoms with E-state index in [0.717, 1.165) is 11.7 Å². The molecule has 0 saturated carbocycles. The van der Waals surface area contributed by atoms with Gasteiger partial charge in [-0.15, -0.1) is 11.8 Å². The van der Waals surface area contributed by atoms with Crippen LogP contribution in [-0.2, 0) is 0 Å². The topological polar surface area (TPSA) is 6.48 Å². The Balaban J connectivity index is 1.50. The number of hydrogen-bond acceptors (Lipinski definition) is 3. The predicted molar refractivity (Wildman–Crippen MR) is 105 cm³/mol. The predicted octanol–water partition coefficient (Wildman–Crippen LogP) is 4.61. The van der Waals surface area contributed by atoms with E-state index < -0.39 is 0 Å². The van der Waals surface area contributed by atoms with E-state index in [0.29, 0.717) is 6.04 Å². The summed E-state index contributed by atoms with van der Waals surface area (Å²) in [4.78, 5) is 6.45. The van der Waals surface area contributed by atoms with Gasteiger partial charge in [-0.3, -0.25) is 0 Å². The highest BCUT2D eigenvalue weighted by Gasteiger charge is 2.39. The summed E-state index contributed by atoms with van der Waals surface area (Å²) in [7, 11) is 2.25. The summed E-state index contributed by atoms with van der Waals surface area (Å²) in [5.41, 5.74) is 4.01. The molecule has 0 bridgehead atoms. The molecule has 0 N–H and O–H groups in total. The zero-order valence-corrected chi connectivity index (χ0v) is 15.4. The molecular formula is C21H26N2S. The molecular weight excluding hydrogens is 312 g/mol. The number of anilines is 1. The normalized spacial score (nSPS) is 23.7. The summed E-state index contributed by atoms with van der Waals surface area (Å²) >= 11 is 1.90. The van der Waals surface area contributed by atoms with Crippen LogP contribution in [0.15, 0.2) is 53.4 Å². The third kappa shape index (κ3) is 3.07. The van der Waals surface area contributed by atoms with E-state index in [2.05, 4.69) is 72.3 Å². The zero-order valence-electron chi connectivity index (χ0n) is 14.6. The van der Waals surface area contributed by atoms with E-state index in [4.69, 9.17) is 0 Å². The Labute approximate surface area is 149 Å². The van der Waals surface area contributed by atoms with Crippen molar-refractivity contribution in [2.24, 2.45) is 5.92 Å². The number of benzene rings is 2. The Bertz CT molecular complexity index is 680. The fourth-order valence-electron chi connectivity index (χ4n) is 4.25. The molecule has 2 aliphatic rings. The van der Waals surface area contributed by atoms with Crippen LogP contribution in [0.2, 0.25) is 0 Å². The van der Waals surface area contributed by atoms with Crippen LogP contribution < -0.4 is 4.90 Å². The van der Waals surface area contributed by atoms with Gasteiger partial charge in [0.25, 0.3) is 0 Å². The van der Waals surface area contributed by atoms with Gasteiger partial charge in [-0.25, -0.2) is 0 Å². The van der Waals surface area contributed by atoms with Gasteiger partial charge >= 0.3 is 0 Å². The molecule has 0 aliphatic carbocycles. The van der Waals surface area contributed by atoms with E-state index in [1.54, 1.807) is 0 Å². The first-order chi connectivity index (χ1) is 11.7. The number of thioether (sulfide) groups is 1. The largest absolute Gasteiger partial charge is 0.367 e. The molecule has 2 saturated heterocycles. The summed E-state index contributed by atoms with van der Waals surface area (Å²) in [6, 6.07) is 18.8. The number of nitrogens with zero attached hydrogens (tertiary/aromatic N) is 2. The molecule has 4 rings (SSSR count). The molecule has 2 aromatic rings. The molecule has 24 heavy (non-hydrogen) atoms. The van der Waals surface area contributed by atoms with Crippen molar-refractivity contribution in [2.75, 3.05) is 37.3 Å². The molecule has 2 heterocycles. The molecule has 3 heteroatoms. The van der Waals surface area contributed by atoms with Gasteiger partial charge in [-0.1, -0.05) is 31.2 Å². The average Bonchev–Trinajstić information content (AvgIpc) is 3.15. The molecule has 0 amide bonds. The number of fused-ring (bicyclic) bond motifs is 1. The molecule has 2 nitrogen and oxygen atoms in total. The van der Waals surface area contributed by atoms with Crippen molar-refractivity contribution in [2.45, 2.75) is 24.3 Å².